The third-order valence-corrected chi connectivity index (χ3v) is 4.46. The van der Waals surface area contributed by atoms with E-state index < -0.39 is 11.9 Å². The summed E-state index contributed by atoms with van der Waals surface area (Å²) in [6.45, 7) is 0.890. The van der Waals surface area contributed by atoms with E-state index in [1.807, 2.05) is 0 Å². The number of nitrogens with one attached hydrogen (secondary N) is 1. The van der Waals surface area contributed by atoms with Gasteiger partial charge in [-0.3, -0.25) is 0 Å². The fourth-order valence-corrected chi connectivity index (χ4v) is 3.13. The SMILES string of the molecule is Cn1cccc1CCNC1=Nc2cccc3cccc1c23.O=C(O)/C=C/C(=O)O. The van der Waals surface area contributed by atoms with Gasteiger partial charge >= 0.3 is 11.9 Å². The zero-order chi connectivity index (χ0) is 20.8. The molecule has 0 saturated heterocycles. The highest BCUT2D eigenvalue weighted by Crippen LogP contribution is 2.34. The molecular weight excluding hydrogens is 370 g/mol. The molecule has 2 aromatic carbocycles. The van der Waals surface area contributed by atoms with Gasteiger partial charge in [0.25, 0.3) is 0 Å². The standard InChI is InChI=1S/C18H17N3.C4H4O4/c1-21-12-4-7-14(21)10-11-19-18-15-8-2-5-13-6-3-9-16(20-18)17(13)15;5-3(6)1-2-4(7)8/h2-9,12H,10-11H2,1H3,(H,19,20);1-2H,(H,5,6)(H,7,8)/b;2-1+. The van der Waals surface area contributed by atoms with Crippen molar-refractivity contribution in [1.82, 2.24) is 9.88 Å². The second kappa shape index (κ2) is 8.88. The topological polar surface area (TPSA) is 104 Å². The maximum Gasteiger partial charge on any atom is 0.328 e. The van der Waals surface area contributed by atoms with E-state index in [1.165, 1.54) is 22.0 Å². The molecule has 0 spiro atoms. The fraction of sp³-hybridized carbons (Fsp3) is 0.136. The number of amidine groups is 1. The predicted octanol–water partition coefficient (Wildman–Crippen LogP) is 3.11. The summed E-state index contributed by atoms with van der Waals surface area (Å²) < 4.78 is 2.16. The molecule has 0 amide bonds. The summed E-state index contributed by atoms with van der Waals surface area (Å²) in [6, 6.07) is 16.9. The second-order valence-electron chi connectivity index (χ2n) is 6.44. The lowest BCUT2D eigenvalue weighted by Gasteiger charge is -2.08. The number of aliphatic imine (C=N–C) groups is 1. The predicted molar refractivity (Wildman–Crippen MR) is 112 cm³/mol. The largest absolute Gasteiger partial charge is 0.478 e. The van der Waals surface area contributed by atoms with Crippen molar-refractivity contribution in [1.29, 1.82) is 0 Å². The van der Waals surface area contributed by atoms with Crippen LogP contribution in [0.4, 0.5) is 5.69 Å². The average molecular weight is 391 g/mol. The second-order valence-corrected chi connectivity index (χ2v) is 6.44. The zero-order valence-electron chi connectivity index (χ0n) is 15.9. The zero-order valence-corrected chi connectivity index (χ0v) is 15.9. The minimum atomic E-state index is -1.26. The van der Waals surface area contributed by atoms with E-state index in [4.69, 9.17) is 15.2 Å². The molecule has 0 atom stereocenters. The molecule has 29 heavy (non-hydrogen) atoms. The van der Waals surface area contributed by atoms with Gasteiger partial charge in [0.2, 0.25) is 0 Å². The van der Waals surface area contributed by atoms with Crippen molar-refractivity contribution in [3.8, 4) is 0 Å². The molecule has 148 valence electrons. The normalized spacial score (nSPS) is 11.8. The van der Waals surface area contributed by atoms with Gasteiger partial charge in [-0.25, -0.2) is 14.6 Å². The lowest BCUT2D eigenvalue weighted by atomic mass is 10.0. The highest BCUT2D eigenvalue weighted by Gasteiger charge is 2.17. The van der Waals surface area contributed by atoms with Gasteiger partial charge in [0.1, 0.15) is 5.84 Å². The van der Waals surface area contributed by atoms with Gasteiger partial charge in [0.05, 0.1) is 5.69 Å². The number of aliphatic carboxylic acids is 2. The van der Waals surface area contributed by atoms with Crippen molar-refractivity contribution in [3.05, 3.63) is 78.1 Å². The molecule has 0 bridgehead atoms. The number of hydrogen-bond acceptors (Lipinski definition) is 4. The lowest BCUT2D eigenvalue weighted by molar-refractivity contribution is -0.134. The Balaban J connectivity index is 0.000000258. The first-order valence-corrected chi connectivity index (χ1v) is 9.04. The van der Waals surface area contributed by atoms with Crippen molar-refractivity contribution in [2.24, 2.45) is 12.0 Å². The van der Waals surface area contributed by atoms with E-state index >= 15 is 0 Å². The van der Waals surface area contributed by atoms with E-state index in [0.29, 0.717) is 12.2 Å². The number of rotatable bonds is 5. The van der Waals surface area contributed by atoms with E-state index in [0.717, 1.165) is 24.5 Å². The van der Waals surface area contributed by atoms with Gasteiger partial charge in [-0.2, -0.15) is 0 Å². The number of carbonyl (C=O) groups is 2. The van der Waals surface area contributed by atoms with Crippen LogP contribution < -0.4 is 5.32 Å². The summed E-state index contributed by atoms with van der Waals surface area (Å²) in [5.74, 6) is -1.52. The molecule has 1 aliphatic rings. The smallest absolute Gasteiger partial charge is 0.328 e. The van der Waals surface area contributed by atoms with Gasteiger partial charge in [-0.05, 0) is 23.6 Å². The van der Waals surface area contributed by atoms with E-state index in [1.54, 1.807) is 0 Å². The Bertz CT molecular complexity index is 1090. The van der Waals surface area contributed by atoms with Crippen molar-refractivity contribution < 1.29 is 19.8 Å². The quantitative estimate of drug-likeness (QED) is 0.580. The molecule has 7 heteroatoms. The Labute approximate surface area is 167 Å². The number of aryl methyl sites for hydroxylation is 1. The van der Waals surface area contributed by atoms with Crippen LogP contribution in [0, 0.1) is 0 Å². The fourth-order valence-electron chi connectivity index (χ4n) is 3.13. The molecule has 3 aromatic rings. The minimum absolute atomic E-state index is 0.558. The number of carboxylic acid groups (broad SMARTS) is 2. The van der Waals surface area contributed by atoms with Crippen LogP contribution in [0.5, 0.6) is 0 Å². The van der Waals surface area contributed by atoms with Crippen LogP contribution in [-0.2, 0) is 23.1 Å². The summed E-state index contributed by atoms with van der Waals surface area (Å²) in [6.07, 6.45) is 4.19. The first-order chi connectivity index (χ1) is 14.0. The third kappa shape index (κ3) is 4.90. The molecule has 0 radical (unpaired) electrons. The van der Waals surface area contributed by atoms with Crippen molar-refractivity contribution in [2.75, 3.05) is 6.54 Å². The first kappa shape index (κ1) is 19.9. The van der Waals surface area contributed by atoms with Gasteiger partial charge in [-0.15, -0.1) is 0 Å². The van der Waals surface area contributed by atoms with Gasteiger partial charge in [-0.1, -0.05) is 30.3 Å². The highest BCUT2D eigenvalue weighted by atomic mass is 16.4. The number of hydrogen-bond donors (Lipinski definition) is 3. The number of carboxylic acids is 2. The molecule has 4 rings (SSSR count). The van der Waals surface area contributed by atoms with Crippen LogP contribution in [0.15, 0.2) is 71.9 Å². The Morgan fingerprint density at radius 1 is 1.03 bits per heavy atom. The number of benzene rings is 2. The molecule has 2 heterocycles. The summed E-state index contributed by atoms with van der Waals surface area (Å²) >= 11 is 0. The maximum atomic E-state index is 9.55. The molecule has 3 N–H and O–H groups in total. The van der Waals surface area contributed by atoms with Gasteiger partial charge in [0, 0.05) is 55.0 Å². The minimum Gasteiger partial charge on any atom is -0.478 e. The summed E-state index contributed by atoms with van der Waals surface area (Å²) in [7, 11) is 2.08. The van der Waals surface area contributed by atoms with Crippen LogP contribution >= 0.6 is 0 Å². The molecule has 0 saturated carbocycles. The lowest BCUT2D eigenvalue weighted by Crippen LogP contribution is -2.25. The maximum absolute atomic E-state index is 9.55. The summed E-state index contributed by atoms with van der Waals surface area (Å²) in [5.41, 5.74) is 3.62. The molecule has 0 fully saturated rings. The monoisotopic (exact) mass is 391 g/mol. The number of aromatic nitrogens is 1. The first-order valence-electron chi connectivity index (χ1n) is 9.04. The van der Waals surface area contributed by atoms with Gasteiger partial charge in [0.15, 0.2) is 0 Å². The molecule has 1 aliphatic heterocycles. The summed E-state index contributed by atoms with van der Waals surface area (Å²) in [4.78, 5) is 23.8. The van der Waals surface area contributed by atoms with Crippen molar-refractivity contribution >= 4 is 34.2 Å². The number of nitrogens with zero attached hydrogens (tertiary/aromatic N) is 2. The Morgan fingerprint density at radius 2 is 1.72 bits per heavy atom. The third-order valence-electron chi connectivity index (χ3n) is 4.46. The Morgan fingerprint density at radius 3 is 2.34 bits per heavy atom. The Kier molecular flexibility index (Phi) is 6.09. The van der Waals surface area contributed by atoms with Gasteiger partial charge < -0.3 is 20.1 Å². The van der Waals surface area contributed by atoms with Crippen LogP contribution in [0.1, 0.15) is 11.3 Å². The van der Waals surface area contributed by atoms with E-state index in [2.05, 4.69) is 71.7 Å². The molecule has 1 aromatic heterocycles. The molecule has 0 aliphatic carbocycles. The van der Waals surface area contributed by atoms with Crippen molar-refractivity contribution in [3.63, 3.8) is 0 Å². The van der Waals surface area contributed by atoms with Crippen molar-refractivity contribution in [2.45, 2.75) is 6.42 Å². The molecule has 7 nitrogen and oxygen atoms in total. The van der Waals surface area contributed by atoms with Crippen LogP contribution in [0.3, 0.4) is 0 Å². The van der Waals surface area contributed by atoms with E-state index in [9.17, 15) is 9.59 Å². The summed E-state index contributed by atoms with van der Waals surface area (Å²) in [5, 5.41) is 21.6. The molecular formula is C22H21N3O4. The molecule has 0 unspecified atom stereocenters. The van der Waals surface area contributed by atoms with Crippen LogP contribution in [0.25, 0.3) is 10.8 Å². The van der Waals surface area contributed by atoms with Crippen LogP contribution in [0.2, 0.25) is 0 Å². The van der Waals surface area contributed by atoms with E-state index in [-0.39, 0.29) is 0 Å². The highest BCUT2D eigenvalue weighted by molar-refractivity contribution is 6.18. The Hall–Kier alpha value is -3.87. The van der Waals surface area contributed by atoms with Crippen LogP contribution in [-0.4, -0.2) is 39.1 Å². The average Bonchev–Trinajstić information content (AvgIpc) is 3.26.